The van der Waals surface area contributed by atoms with E-state index in [0.717, 1.165) is 25.9 Å². The smallest absolute Gasteiger partial charge is 0.0900 e. The van der Waals surface area contributed by atoms with Gasteiger partial charge in [-0.1, -0.05) is 121 Å². The molecule has 0 spiro atoms. The third-order valence-corrected chi connectivity index (χ3v) is 8.32. The van der Waals surface area contributed by atoms with E-state index in [9.17, 15) is 15.3 Å². The summed E-state index contributed by atoms with van der Waals surface area (Å²) in [5, 5.41) is 31.7. The molecule has 0 rings (SSSR count). The van der Waals surface area contributed by atoms with Gasteiger partial charge >= 0.3 is 0 Å². The molecule has 3 atom stereocenters. The standard InChI is InChI=1S/C39H76N2O6/c1-5-9-10-11-12-13-14-15-16-17-18-19-20-21-22-23-25-40(31-37(42)34-45-28-6-2)26-24-27-41(32-38(43)35-46-29-7-3)33-39(44)36-47-30-8-4/h6-8,37-39,42-44H,2-5,9-36H2,1H3. The minimum Gasteiger partial charge on any atom is -0.389 e. The second-order valence-electron chi connectivity index (χ2n) is 13.2. The van der Waals surface area contributed by atoms with Crippen molar-refractivity contribution in [1.29, 1.82) is 0 Å². The molecule has 0 aliphatic carbocycles. The van der Waals surface area contributed by atoms with Crippen LogP contribution in [0.15, 0.2) is 38.0 Å². The second kappa shape index (κ2) is 36.2. The monoisotopic (exact) mass is 669 g/mol. The van der Waals surface area contributed by atoms with Gasteiger partial charge in [-0.3, -0.25) is 4.90 Å². The van der Waals surface area contributed by atoms with E-state index < -0.39 is 18.3 Å². The van der Waals surface area contributed by atoms with E-state index in [1.165, 1.54) is 96.3 Å². The Hall–Kier alpha value is -1.10. The summed E-state index contributed by atoms with van der Waals surface area (Å²) in [7, 11) is 0. The van der Waals surface area contributed by atoms with Crippen LogP contribution in [0.3, 0.4) is 0 Å². The van der Waals surface area contributed by atoms with Gasteiger partial charge in [0, 0.05) is 19.6 Å². The molecule has 0 heterocycles. The number of unbranched alkanes of at least 4 members (excludes halogenated alkanes) is 15. The molecule has 0 fully saturated rings. The lowest BCUT2D eigenvalue weighted by Gasteiger charge is -2.29. The summed E-state index contributed by atoms with van der Waals surface area (Å²) in [5.41, 5.74) is 0. The highest BCUT2D eigenvalue weighted by molar-refractivity contribution is 4.73. The van der Waals surface area contributed by atoms with Gasteiger partial charge in [-0.05, 0) is 32.5 Å². The molecule has 3 N–H and O–H groups in total. The fraction of sp³-hybridized carbons (Fsp3) is 0.846. The van der Waals surface area contributed by atoms with Crippen LogP contribution in [0.25, 0.3) is 0 Å². The number of aliphatic hydroxyl groups excluding tert-OH is 3. The van der Waals surface area contributed by atoms with Crippen LogP contribution in [0.5, 0.6) is 0 Å². The predicted octanol–water partition coefficient (Wildman–Crippen LogP) is 6.93. The first-order chi connectivity index (χ1) is 23.0. The molecule has 3 unspecified atom stereocenters. The normalized spacial score (nSPS) is 13.7. The Morgan fingerprint density at radius 3 is 1.11 bits per heavy atom. The second-order valence-corrected chi connectivity index (χ2v) is 13.2. The maximum Gasteiger partial charge on any atom is 0.0900 e. The number of hydrogen-bond donors (Lipinski definition) is 3. The zero-order valence-corrected chi connectivity index (χ0v) is 30.6. The van der Waals surface area contributed by atoms with Crippen LogP contribution in [-0.2, 0) is 14.2 Å². The molecule has 0 amide bonds. The molecule has 8 nitrogen and oxygen atoms in total. The van der Waals surface area contributed by atoms with E-state index in [2.05, 4.69) is 36.5 Å². The van der Waals surface area contributed by atoms with Gasteiger partial charge in [0.05, 0.1) is 58.0 Å². The van der Waals surface area contributed by atoms with E-state index in [1.54, 1.807) is 18.2 Å². The van der Waals surface area contributed by atoms with Crippen molar-refractivity contribution in [2.24, 2.45) is 0 Å². The topological polar surface area (TPSA) is 94.9 Å². The van der Waals surface area contributed by atoms with Gasteiger partial charge in [-0.15, -0.1) is 19.7 Å². The van der Waals surface area contributed by atoms with Gasteiger partial charge in [0.1, 0.15) is 0 Å². The third-order valence-electron chi connectivity index (χ3n) is 8.32. The van der Waals surface area contributed by atoms with Crippen molar-refractivity contribution in [3.8, 4) is 0 Å². The quantitative estimate of drug-likeness (QED) is 0.0480. The van der Waals surface area contributed by atoms with Crippen molar-refractivity contribution in [3.63, 3.8) is 0 Å². The first kappa shape index (κ1) is 45.9. The lowest BCUT2D eigenvalue weighted by Crippen LogP contribution is -2.43. The number of rotatable bonds is 39. The lowest BCUT2D eigenvalue weighted by atomic mass is 10.0. The van der Waals surface area contributed by atoms with Crippen molar-refractivity contribution in [1.82, 2.24) is 9.80 Å². The van der Waals surface area contributed by atoms with E-state index in [1.807, 2.05) is 0 Å². The molecular formula is C39H76N2O6. The van der Waals surface area contributed by atoms with Gasteiger partial charge in [-0.25, -0.2) is 0 Å². The molecule has 0 aromatic carbocycles. The minimum atomic E-state index is -0.665. The molecular weight excluding hydrogens is 592 g/mol. The van der Waals surface area contributed by atoms with E-state index in [-0.39, 0.29) is 13.2 Å². The van der Waals surface area contributed by atoms with Crippen molar-refractivity contribution in [2.75, 3.05) is 78.9 Å². The number of aliphatic hydroxyl groups is 3. The fourth-order valence-corrected chi connectivity index (χ4v) is 5.87. The van der Waals surface area contributed by atoms with Crippen molar-refractivity contribution in [2.45, 2.75) is 134 Å². The first-order valence-electron chi connectivity index (χ1n) is 19.0. The lowest BCUT2D eigenvalue weighted by molar-refractivity contribution is -0.00435. The molecule has 0 aromatic heterocycles. The Bertz CT molecular complexity index is 660. The summed E-state index contributed by atoms with van der Waals surface area (Å²) in [5.74, 6) is 0. The highest BCUT2D eigenvalue weighted by Crippen LogP contribution is 2.14. The third kappa shape index (κ3) is 33.2. The minimum absolute atomic E-state index is 0.216. The van der Waals surface area contributed by atoms with Crippen LogP contribution < -0.4 is 0 Å². The molecule has 0 aromatic rings. The average molecular weight is 669 g/mol. The molecule has 0 bridgehead atoms. The number of ether oxygens (including phenoxy) is 3. The molecule has 0 radical (unpaired) electrons. The Balaban J connectivity index is 4.53. The summed E-state index contributed by atoms with van der Waals surface area (Å²) in [6, 6.07) is 0. The van der Waals surface area contributed by atoms with Crippen LogP contribution in [0, 0.1) is 0 Å². The van der Waals surface area contributed by atoms with Gasteiger partial charge in [0.15, 0.2) is 0 Å². The van der Waals surface area contributed by atoms with E-state index in [0.29, 0.717) is 52.6 Å². The maximum absolute atomic E-state index is 10.6. The molecule has 278 valence electrons. The van der Waals surface area contributed by atoms with Crippen LogP contribution in [0.4, 0.5) is 0 Å². The van der Waals surface area contributed by atoms with Crippen molar-refractivity contribution < 1.29 is 29.5 Å². The van der Waals surface area contributed by atoms with E-state index in [4.69, 9.17) is 14.2 Å². The summed E-state index contributed by atoms with van der Waals surface area (Å²) in [4.78, 5) is 4.40. The Labute approximate surface area is 290 Å². The highest BCUT2D eigenvalue weighted by Gasteiger charge is 2.18. The predicted molar refractivity (Wildman–Crippen MR) is 198 cm³/mol. The summed E-state index contributed by atoms with van der Waals surface area (Å²) in [6.45, 7) is 19.0. The average Bonchev–Trinajstić information content (AvgIpc) is 3.04. The zero-order chi connectivity index (χ0) is 34.6. The molecule has 47 heavy (non-hydrogen) atoms. The maximum atomic E-state index is 10.6. The Morgan fingerprint density at radius 2 is 0.745 bits per heavy atom. The zero-order valence-electron chi connectivity index (χ0n) is 30.6. The summed E-state index contributed by atoms with van der Waals surface area (Å²) < 4.78 is 16.4. The number of hydrogen-bond acceptors (Lipinski definition) is 8. The molecule has 0 saturated heterocycles. The SMILES string of the molecule is C=CCOCC(O)CN(CCCCCCCCCCCCCCCCCC)CCCN(CC(O)COCC=C)CC(O)COCC=C. The van der Waals surface area contributed by atoms with Crippen LogP contribution in [0.2, 0.25) is 0 Å². The van der Waals surface area contributed by atoms with Gasteiger partial charge in [0.2, 0.25) is 0 Å². The molecule has 0 aliphatic rings. The number of nitrogens with zero attached hydrogens (tertiary/aromatic N) is 2. The first-order valence-corrected chi connectivity index (χ1v) is 19.0. The van der Waals surface area contributed by atoms with Gasteiger partial charge in [-0.2, -0.15) is 0 Å². The van der Waals surface area contributed by atoms with Gasteiger partial charge in [0.25, 0.3) is 0 Å². The highest BCUT2D eigenvalue weighted by atomic mass is 16.5. The summed E-state index contributed by atoms with van der Waals surface area (Å²) >= 11 is 0. The Morgan fingerprint density at radius 1 is 0.447 bits per heavy atom. The fourth-order valence-electron chi connectivity index (χ4n) is 5.87. The van der Waals surface area contributed by atoms with Crippen LogP contribution >= 0.6 is 0 Å². The Kier molecular flexibility index (Phi) is 35.3. The van der Waals surface area contributed by atoms with Crippen LogP contribution in [-0.4, -0.2) is 122 Å². The largest absolute Gasteiger partial charge is 0.389 e. The van der Waals surface area contributed by atoms with Crippen molar-refractivity contribution >= 4 is 0 Å². The summed E-state index contributed by atoms with van der Waals surface area (Å²) in [6.07, 6.45) is 25.6. The van der Waals surface area contributed by atoms with E-state index >= 15 is 0 Å². The molecule has 0 saturated carbocycles. The van der Waals surface area contributed by atoms with Crippen LogP contribution in [0.1, 0.15) is 116 Å². The van der Waals surface area contributed by atoms with Crippen molar-refractivity contribution in [3.05, 3.63) is 38.0 Å². The van der Waals surface area contributed by atoms with Gasteiger partial charge < -0.3 is 34.4 Å². The molecule has 8 heteroatoms. The molecule has 0 aliphatic heterocycles.